The standard InChI is InChI=1S/C17H22N4O4/c1-11-3-4-14(9-15(11)21(22)23)12(2)18-10-16-19-17(25-20-16)13-5-7-24-8-6-13/h3-4,9,12-13,18H,5-8,10H2,1-2H3. The van der Waals surface area contributed by atoms with Gasteiger partial charge in [0, 0.05) is 36.8 Å². The van der Waals surface area contributed by atoms with Gasteiger partial charge in [0.25, 0.3) is 5.69 Å². The number of hydrogen-bond acceptors (Lipinski definition) is 7. The number of nitrogens with zero attached hydrogens (tertiary/aromatic N) is 3. The Balaban J connectivity index is 1.60. The van der Waals surface area contributed by atoms with E-state index in [0.717, 1.165) is 31.6 Å². The van der Waals surface area contributed by atoms with Crippen molar-refractivity contribution < 1.29 is 14.2 Å². The van der Waals surface area contributed by atoms with E-state index in [1.54, 1.807) is 19.1 Å². The zero-order valence-corrected chi connectivity index (χ0v) is 14.4. The van der Waals surface area contributed by atoms with E-state index in [4.69, 9.17) is 9.26 Å². The van der Waals surface area contributed by atoms with E-state index in [1.807, 2.05) is 13.0 Å². The Morgan fingerprint density at radius 1 is 1.40 bits per heavy atom. The van der Waals surface area contributed by atoms with Gasteiger partial charge < -0.3 is 14.6 Å². The van der Waals surface area contributed by atoms with Crippen molar-refractivity contribution >= 4 is 5.69 Å². The molecule has 1 aromatic heterocycles. The van der Waals surface area contributed by atoms with Crippen molar-refractivity contribution in [3.8, 4) is 0 Å². The van der Waals surface area contributed by atoms with E-state index in [2.05, 4.69) is 15.5 Å². The first-order valence-corrected chi connectivity index (χ1v) is 8.43. The molecule has 8 nitrogen and oxygen atoms in total. The minimum absolute atomic E-state index is 0.0654. The van der Waals surface area contributed by atoms with Gasteiger partial charge in [-0.05, 0) is 32.3 Å². The molecule has 0 bridgehead atoms. The molecule has 1 N–H and O–H groups in total. The molecule has 25 heavy (non-hydrogen) atoms. The van der Waals surface area contributed by atoms with Crippen LogP contribution in [0.4, 0.5) is 5.69 Å². The smallest absolute Gasteiger partial charge is 0.272 e. The molecule has 0 amide bonds. The van der Waals surface area contributed by atoms with Gasteiger partial charge in [0.1, 0.15) is 0 Å². The van der Waals surface area contributed by atoms with E-state index >= 15 is 0 Å². The normalized spacial score (nSPS) is 16.7. The average Bonchev–Trinajstić information content (AvgIpc) is 3.09. The van der Waals surface area contributed by atoms with E-state index in [0.29, 0.717) is 23.8 Å². The molecule has 1 aliphatic rings. The zero-order chi connectivity index (χ0) is 17.8. The van der Waals surface area contributed by atoms with Crippen LogP contribution in [0.1, 0.15) is 54.6 Å². The molecule has 1 fully saturated rings. The second-order valence-electron chi connectivity index (χ2n) is 6.34. The van der Waals surface area contributed by atoms with Gasteiger partial charge in [-0.1, -0.05) is 17.3 Å². The fraction of sp³-hybridized carbons (Fsp3) is 0.529. The van der Waals surface area contributed by atoms with E-state index < -0.39 is 0 Å². The molecule has 8 heteroatoms. The number of nitrogens with one attached hydrogen (secondary N) is 1. The van der Waals surface area contributed by atoms with Crippen molar-refractivity contribution in [2.75, 3.05) is 13.2 Å². The summed E-state index contributed by atoms with van der Waals surface area (Å²) >= 11 is 0. The number of nitro benzene ring substituents is 1. The maximum absolute atomic E-state index is 11.1. The largest absolute Gasteiger partial charge is 0.381 e. The molecular weight excluding hydrogens is 324 g/mol. The fourth-order valence-corrected chi connectivity index (χ4v) is 2.90. The van der Waals surface area contributed by atoms with Crippen molar-refractivity contribution in [2.45, 2.75) is 45.2 Å². The molecule has 0 radical (unpaired) electrons. The highest BCUT2D eigenvalue weighted by Gasteiger charge is 2.22. The molecule has 1 aliphatic heterocycles. The lowest BCUT2D eigenvalue weighted by Crippen LogP contribution is -2.19. The Kier molecular flexibility index (Phi) is 5.40. The second kappa shape index (κ2) is 7.71. The summed E-state index contributed by atoms with van der Waals surface area (Å²) in [6.45, 7) is 5.58. The Morgan fingerprint density at radius 2 is 2.16 bits per heavy atom. The number of aromatic nitrogens is 2. The molecule has 1 aromatic carbocycles. The number of hydrogen-bond donors (Lipinski definition) is 1. The highest BCUT2D eigenvalue weighted by atomic mass is 16.6. The van der Waals surface area contributed by atoms with Crippen LogP contribution >= 0.6 is 0 Å². The first-order valence-electron chi connectivity index (χ1n) is 8.43. The second-order valence-corrected chi connectivity index (χ2v) is 6.34. The van der Waals surface area contributed by atoms with E-state index in [1.165, 1.54) is 0 Å². The summed E-state index contributed by atoms with van der Waals surface area (Å²) in [6.07, 6.45) is 1.80. The maximum atomic E-state index is 11.1. The molecule has 1 unspecified atom stereocenters. The van der Waals surface area contributed by atoms with Crippen molar-refractivity contribution in [3.63, 3.8) is 0 Å². The Labute approximate surface area is 145 Å². The SMILES string of the molecule is Cc1ccc(C(C)NCc2noc(C3CCOCC3)n2)cc1[N+](=O)[O-]. The molecule has 0 saturated carbocycles. The summed E-state index contributed by atoms with van der Waals surface area (Å²) in [5.74, 6) is 1.53. The fourth-order valence-electron chi connectivity index (χ4n) is 2.90. The number of aryl methyl sites for hydroxylation is 1. The number of benzene rings is 1. The number of nitro groups is 1. The maximum Gasteiger partial charge on any atom is 0.272 e. The average molecular weight is 346 g/mol. The number of ether oxygens (including phenoxy) is 1. The molecule has 3 rings (SSSR count). The van der Waals surface area contributed by atoms with Gasteiger partial charge in [0.2, 0.25) is 5.89 Å². The van der Waals surface area contributed by atoms with Crippen LogP contribution in [0.5, 0.6) is 0 Å². The molecule has 2 aromatic rings. The summed E-state index contributed by atoms with van der Waals surface area (Å²) < 4.78 is 10.7. The van der Waals surface area contributed by atoms with Gasteiger partial charge in [-0.25, -0.2) is 0 Å². The van der Waals surface area contributed by atoms with Gasteiger partial charge in [-0.15, -0.1) is 0 Å². The first-order chi connectivity index (χ1) is 12.0. The van der Waals surface area contributed by atoms with Crippen LogP contribution in [0.25, 0.3) is 0 Å². The van der Waals surface area contributed by atoms with Gasteiger partial charge in [0.15, 0.2) is 5.82 Å². The van der Waals surface area contributed by atoms with Gasteiger partial charge in [-0.3, -0.25) is 10.1 Å². The lowest BCUT2D eigenvalue weighted by molar-refractivity contribution is -0.385. The molecule has 2 heterocycles. The van der Waals surface area contributed by atoms with Crippen molar-refractivity contribution in [1.82, 2.24) is 15.5 Å². The van der Waals surface area contributed by atoms with E-state index in [9.17, 15) is 10.1 Å². The zero-order valence-electron chi connectivity index (χ0n) is 14.4. The van der Waals surface area contributed by atoms with Crippen LogP contribution in [0, 0.1) is 17.0 Å². The predicted octanol–water partition coefficient (Wildman–Crippen LogP) is 3.03. The summed E-state index contributed by atoms with van der Waals surface area (Å²) in [7, 11) is 0. The molecule has 0 spiro atoms. The van der Waals surface area contributed by atoms with Crippen LogP contribution in [-0.2, 0) is 11.3 Å². The minimum Gasteiger partial charge on any atom is -0.381 e. The Hall–Kier alpha value is -2.32. The van der Waals surface area contributed by atoms with Crippen LogP contribution in [0.15, 0.2) is 22.7 Å². The predicted molar refractivity (Wildman–Crippen MR) is 90.2 cm³/mol. The molecule has 134 valence electrons. The summed E-state index contributed by atoms with van der Waals surface area (Å²) in [6, 6.07) is 5.20. The van der Waals surface area contributed by atoms with Crippen LogP contribution in [0.3, 0.4) is 0 Å². The van der Waals surface area contributed by atoms with Crippen LogP contribution < -0.4 is 5.32 Å². The summed E-state index contributed by atoms with van der Waals surface area (Å²) in [4.78, 5) is 15.2. The van der Waals surface area contributed by atoms with Gasteiger partial charge in [-0.2, -0.15) is 4.98 Å². The summed E-state index contributed by atoms with van der Waals surface area (Å²) in [5.41, 5.74) is 1.64. The highest BCUT2D eigenvalue weighted by Crippen LogP contribution is 2.26. The highest BCUT2D eigenvalue weighted by molar-refractivity contribution is 5.43. The third-order valence-electron chi connectivity index (χ3n) is 4.55. The van der Waals surface area contributed by atoms with Crippen LogP contribution in [-0.4, -0.2) is 28.3 Å². The topological polar surface area (TPSA) is 103 Å². The minimum atomic E-state index is -0.356. The van der Waals surface area contributed by atoms with Gasteiger partial charge >= 0.3 is 0 Å². The Bertz CT molecular complexity index is 740. The lowest BCUT2D eigenvalue weighted by Gasteiger charge is -2.18. The third kappa shape index (κ3) is 4.21. The summed E-state index contributed by atoms with van der Waals surface area (Å²) in [5, 5.41) is 18.4. The first kappa shape index (κ1) is 17.5. The van der Waals surface area contributed by atoms with Crippen molar-refractivity contribution in [3.05, 3.63) is 51.2 Å². The molecule has 1 atom stereocenters. The molecule has 1 saturated heterocycles. The number of rotatable bonds is 6. The monoisotopic (exact) mass is 346 g/mol. The van der Waals surface area contributed by atoms with Crippen molar-refractivity contribution in [2.24, 2.45) is 0 Å². The van der Waals surface area contributed by atoms with Crippen molar-refractivity contribution in [1.29, 1.82) is 0 Å². The third-order valence-corrected chi connectivity index (χ3v) is 4.55. The van der Waals surface area contributed by atoms with Gasteiger partial charge in [0.05, 0.1) is 11.5 Å². The lowest BCUT2D eigenvalue weighted by atomic mass is 10.0. The quantitative estimate of drug-likeness (QED) is 0.633. The van der Waals surface area contributed by atoms with Crippen LogP contribution in [0.2, 0.25) is 0 Å². The van der Waals surface area contributed by atoms with E-state index in [-0.39, 0.29) is 22.6 Å². The molecular formula is C17H22N4O4. The molecule has 0 aliphatic carbocycles. The Morgan fingerprint density at radius 3 is 2.88 bits per heavy atom.